The first-order chi connectivity index (χ1) is 12.3. The Morgan fingerprint density at radius 3 is 2.72 bits per heavy atom. The molecule has 3 aromatic rings. The van der Waals surface area contributed by atoms with Crippen LogP contribution in [-0.2, 0) is 6.54 Å². The highest BCUT2D eigenvalue weighted by atomic mass is 16.2. The number of hydrogen-bond donors (Lipinski definition) is 0. The van der Waals surface area contributed by atoms with Crippen molar-refractivity contribution in [2.45, 2.75) is 13.0 Å². The van der Waals surface area contributed by atoms with Crippen molar-refractivity contribution in [3.63, 3.8) is 0 Å². The molecule has 0 radical (unpaired) electrons. The second-order valence-corrected chi connectivity index (χ2v) is 6.28. The Bertz CT molecular complexity index is 847. The molecule has 3 heterocycles. The Kier molecular flexibility index (Phi) is 4.24. The second-order valence-electron chi connectivity index (χ2n) is 6.28. The van der Waals surface area contributed by atoms with Gasteiger partial charge in [0, 0.05) is 31.4 Å². The third-order valence-corrected chi connectivity index (χ3v) is 4.47. The molecule has 0 bridgehead atoms. The molecule has 1 aromatic carbocycles. The zero-order chi connectivity index (χ0) is 17.1. The number of likely N-dealkylation sites (tertiary alicyclic amines) is 1. The zero-order valence-corrected chi connectivity index (χ0v) is 13.8. The highest BCUT2D eigenvalue weighted by Gasteiger charge is 2.27. The summed E-state index contributed by atoms with van der Waals surface area (Å²) in [6.45, 7) is 2.31. The number of aromatic nitrogens is 4. The molecule has 6 nitrogen and oxygen atoms in total. The van der Waals surface area contributed by atoms with Crippen LogP contribution in [0.25, 0.3) is 11.5 Å². The molecule has 1 saturated heterocycles. The average Bonchev–Trinajstić information content (AvgIpc) is 3.33. The van der Waals surface area contributed by atoms with Crippen LogP contribution in [-0.4, -0.2) is 43.6 Å². The third-order valence-electron chi connectivity index (χ3n) is 4.47. The minimum Gasteiger partial charge on any atom is -0.338 e. The molecule has 1 fully saturated rings. The van der Waals surface area contributed by atoms with Gasteiger partial charge in [0.1, 0.15) is 12.0 Å². The molecular formula is C19H19N5O. The predicted octanol–water partition coefficient (Wildman–Crippen LogP) is 2.50. The Morgan fingerprint density at radius 1 is 1.08 bits per heavy atom. The molecule has 1 aliphatic rings. The number of amides is 1. The van der Waals surface area contributed by atoms with Gasteiger partial charge in [-0.1, -0.05) is 24.3 Å². The molecule has 0 N–H and O–H groups in total. The highest BCUT2D eigenvalue weighted by Crippen LogP contribution is 2.20. The van der Waals surface area contributed by atoms with Crippen molar-refractivity contribution in [3.05, 3.63) is 66.6 Å². The van der Waals surface area contributed by atoms with Gasteiger partial charge >= 0.3 is 0 Å². The quantitative estimate of drug-likeness (QED) is 0.736. The van der Waals surface area contributed by atoms with Crippen molar-refractivity contribution in [2.24, 2.45) is 5.92 Å². The van der Waals surface area contributed by atoms with Gasteiger partial charge in [-0.15, -0.1) is 5.10 Å². The SMILES string of the molecule is O=C(c1ccccc1)N1CCC(Cn2cnc(-c3ccccn3)n2)C1. The van der Waals surface area contributed by atoms with Gasteiger partial charge in [0.05, 0.1) is 0 Å². The van der Waals surface area contributed by atoms with Crippen LogP contribution in [0.2, 0.25) is 0 Å². The summed E-state index contributed by atoms with van der Waals surface area (Å²) in [6.07, 6.45) is 4.46. The maximum atomic E-state index is 12.5. The number of carbonyl (C=O) groups is 1. The van der Waals surface area contributed by atoms with Crippen LogP contribution in [0, 0.1) is 5.92 Å². The maximum absolute atomic E-state index is 12.5. The summed E-state index contributed by atoms with van der Waals surface area (Å²) in [5.74, 6) is 1.14. The van der Waals surface area contributed by atoms with E-state index in [4.69, 9.17) is 0 Å². The van der Waals surface area contributed by atoms with Gasteiger partial charge < -0.3 is 4.90 Å². The van der Waals surface area contributed by atoms with E-state index in [-0.39, 0.29) is 5.91 Å². The summed E-state index contributed by atoms with van der Waals surface area (Å²) in [5, 5.41) is 4.51. The van der Waals surface area contributed by atoms with Crippen LogP contribution in [0.4, 0.5) is 0 Å². The lowest BCUT2D eigenvalue weighted by Gasteiger charge is -2.16. The number of carbonyl (C=O) groups excluding carboxylic acids is 1. The highest BCUT2D eigenvalue weighted by molar-refractivity contribution is 5.94. The normalized spacial score (nSPS) is 17.0. The zero-order valence-electron chi connectivity index (χ0n) is 13.8. The average molecular weight is 333 g/mol. The Labute approximate surface area is 146 Å². The van der Waals surface area contributed by atoms with Gasteiger partial charge in [0.15, 0.2) is 5.82 Å². The molecule has 1 unspecified atom stereocenters. The van der Waals surface area contributed by atoms with Crippen molar-refractivity contribution < 1.29 is 4.79 Å². The minimum absolute atomic E-state index is 0.107. The first-order valence-electron chi connectivity index (χ1n) is 8.45. The molecule has 1 aliphatic heterocycles. The van der Waals surface area contributed by atoms with E-state index in [1.807, 2.05) is 58.1 Å². The standard InChI is InChI=1S/C19H19N5O/c25-19(16-6-2-1-3-7-16)23-11-9-15(12-23)13-24-14-21-18(22-24)17-8-4-5-10-20-17/h1-8,10,14-15H,9,11-13H2. The van der Waals surface area contributed by atoms with Gasteiger partial charge in [-0.25, -0.2) is 4.98 Å². The van der Waals surface area contributed by atoms with Crippen LogP contribution in [0.5, 0.6) is 0 Å². The lowest BCUT2D eigenvalue weighted by atomic mass is 10.1. The van der Waals surface area contributed by atoms with Gasteiger partial charge in [-0.3, -0.25) is 14.5 Å². The summed E-state index contributed by atoms with van der Waals surface area (Å²) in [7, 11) is 0. The van der Waals surface area contributed by atoms with Gasteiger partial charge in [-0.2, -0.15) is 0 Å². The number of rotatable bonds is 4. The third kappa shape index (κ3) is 3.42. The maximum Gasteiger partial charge on any atom is 0.253 e. The summed E-state index contributed by atoms with van der Waals surface area (Å²) in [6, 6.07) is 15.1. The van der Waals surface area contributed by atoms with E-state index < -0.39 is 0 Å². The molecule has 6 heteroatoms. The summed E-state index contributed by atoms with van der Waals surface area (Å²) < 4.78 is 1.85. The van der Waals surface area contributed by atoms with E-state index in [1.165, 1.54) is 0 Å². The molecule has 4 rings (SSSR count). The molecule has 2 aromatic heterocycles. The summed E-state index contributed by atoms with van der Waals surface area (Å²) in [5.41, 5.74) is 1.52. The molecule has 1 amide bonds. The van der Waals surface area contributed by atoms with Gasteiger partial charge in [0.2, 0.25) is 0 Å². The lowest BCUT2D eigenvalue weighted by Crippen LogP contribution is -2.29. The second kappa shape index (κ2) is 6.84. The fourth-order valence-corrected chi connectivity index (χ4v) is 3.19. The van der Waals surface area contributed by atoms with E-state index in [0.717, 1.165) is 37.3 Å². The number of benzene rings is 1. The Hall–Kier alpha value is -3.02. The van der Waals surface area contributed by atoms with Crippen LogP contribution >= 0.6 is 0 Å². The van der Waals surface area contributed by atoms with E-state index in [9.17, 15) is 4.79 Å². The fraction of sp³-hybridized carbons (Fsp3) is 0.263. The number of hydrogen-bond acceptors (Lipinski definition) is 4. The Balaban J connectivity index is 1.39. The topological polar surface area (TPSA) is 63.9 Å². The summed E-state index contributed by atoms with van der Waals surface area (Å²) in [4.78, 5) is 23.1. The van der Waals surface area contributed by atoms with Crippen molar-refractivity contribution in [1.29, 1.82) is 0 Å². The van der Waals surface area contributed by atoms with Gasteiger partial charge in [-0.05, 0) is 36.6 Å². The van der Waals surface area contributed by atoms with Crippen molar-refractivity contribution in [1.82, 2.24) is 24.6 Å². The molecular weight excluding hydrogens is 314 g/mol. The van der Waals surface area contributed by atoms with E-state index >= 15 is 0 Å². The van der Waals surface area contributed by atoms with E-state index in [0.29, 0.717) is 11.7 Å². The van der Waals surface area contributed by atoms with Crippen molar-refractivity contribution in [3.8, 4) is 11.5 Å². The Morgan fingerprint density at radius 2 is 1.92 bits per heavy atom. The van der Waals surface area contributed by atoms with Crippen LogP contribution < -0.4 is 0 Å². The molecule has 0 aliphatic carbocycles. The lowest BCUT2D eigenvalue weighted by molar-refractivity contribution is 0.0785. The van der Waals surface area contributed by atoms with Crippen molar-refractivity contribution >= 4 is 5.91 Å². The monoisotopic (exact) mass is 333 g/mol. The van der Waals surface area contributed by atoms with Crippen LogP contribution in [0.1, 0.15) is 16.8 Å². The van der Waals surface area contributed by atoms with Crippen LogP contribution in [0.15, 0.2) is 61.1 Å². The van der Waals surface area contributed by atoms with E-state index in [2.05, 4.69) is 15.1 Å². The fourth-order valence-electron chi connectivity index (χ4n) is 3.19. The minimum atomic E-state index is 0.107. The first-order valence-corrected chi connectivity index (χ1v) is 8.45. The van der Waals surface area contributed by atoms with E-state index in [1.54, 1.807) is 12.5 Å². The molecule has 25 heavy (non-hydrogen) atoms. The van der Waals surface area contributed by atoms with Crippen molar-refractivity contribution in [2.75, 3.05) is 13.1 Å². The van der Waals surface area contributed by atoms with Gasteiger partial charge in [0.25, 0.3) is 5.91 Å². The molecule has 126 valence electrons. The molecule has 0 spiro atoms. The molecule has 0 saturated carbocycles. The number of nitrogens with zero attached hydrogens (tertiary/aromatic N) is 5. The number of pyridine rings is 1. The first kappa shape index (κ1) is 15.5. The smallest absolute Gasteiger partial charge is 0.253 e. The van der Waals surface area contributed by atoms with Crippen LogP contribution in [0.3, 0.4) is 0 Å². The largest absolute Gasteiger partial charge is 0.338 e. The predicted molar refractivity (Wildman–Crippen MR) is 93.7 cm³/mol. The summed E-state index contributed by atoms with van der Waals surface area (Å²) >= 11 is 0. The molecule has 1 atom stereocenters.